The second kappa shape index (κ2) is 9.35. The van der Waals surface area contributed by atoms with Gasteiger partial charge < -0.3 is 9.73 Å². The lowest BCUT2D eigenvalue weighted by Gasteiger charge is -2.18. The number of hydrogen-bond donors (Lipinski definition) is 3. The zero-order valence-electron chi connectivity index (χ0n) is 16.7. The predicted octanol–water partition coefficient (Wildman–Crippen LogP) is 3.06. The summed E-state index contributed by atoms with van der Waals surface area (Å²) >= 11 is 1.27. The van der Waals surface area contributed by atoms with Gasteiger partial charge in [0.15, 0.2) is 5.13 Å². The van der Waals surface area contributed by atoms with Crippen molar-refractivity contribution in [2.45, 2.75) is 25.8 Å². The van der Waals surface area contributed by atoms with Crippen molar-refractivity contribution in [1.82, 2.24) is 25.5 Å². The molecule has 0 saturated carbocycles. The Kier molecular flexibility index (Phi) is 6.18. The molecule has 0 saturated heterocycles. The number of H-pyrrole nitrogens is 1. The van der Waals surface area contributed by atoms with Crippen LogP contribution in [-0.4, -0.2) is 32.0 Å². The molecule has 0 radical (unpaired) electrons. The molecule has 31 heavy (non-hydrogen) atoms. The van der Waals surface area contributed by atoms with E-state index in [1.165, 1.54) is 23.9 Å². The third-order valence-electron chi connectivity index (χ3n) is 4.62. The fourth-order valence-electron chi connectivity index (χ4n) is 3.10. The Balaban J connectivity index is 1.39. The molecule has 0 fully saturated rings. The highest BCUT2D eigenvalue weighted by Gasteiger charge is 2.18. The van der Waals surface area contributed by atoms with E-state index >= 15 is 0 Å². The molecule has 3 aromatic heterocycles. The molecule has 3 N–H and O–H groups in total. The van der Waals surface area contributed by atoms with Gasteiger partial charge in [0.25, 0.3) is 5.91 Å². The van der Waals surface area contributed by atoms with Crippen molar-refractivity contribution in [2.24, 2.45) is 0 Å². The van der Waals surface area contributed by atoms with Crippen LogP contribution in [0, 0.1) is 6.92 Å². The Morgan fingerprint density at radius 3 is 2.77 bits per heavy atom. The van der Waals surface area contributed by atoms with Crippen LogP contribution >= 0.6 is 11.3 Å². The molecule has 1 atom stereocenters. The molecule has 0 aliphatic heterocycles. The van der Waals surface area contributed by atoms with Crippen molar-refractivity contribution < 1.29 is 14.0 Å². The number of thiazole rings is 1. The third kappa shape index (κ3) is 5.23. The largest absolute Gasteiger partial charge is 0.469 e. The van der Waals surface area contributed by atoms with E-state index in [0.29, 0.717) is 34.4 Å². The van der Waals surface area contributed by atoms with Gasteiger partial charge in [-0.2, -0.15) is 5.10 Å². The number of benzene rings is 1. The van der Waals surface area contributed by atoms with Gasteiger partial charge in [0.2, 0.25) is 5.91 Å². The SMILES string of the molecule is Cc1occc1C(=O)Nc1nc(CC(=O)NC(Cc2ncn[nH]2)c2ccccc2)cs1. The third-order valence-corrected chi connectivity index (χ3v) is 5.42. The van der Waals surface area contributed by atoms with Crippen molar-refractivity contribution >= 4 is 28.3 Å². The zero-order chi connectivity index (χ0) is 21.6. The second-order valence-electron chi connectivity index (χ2n) is 6.83. The smallest absolute Gasteiger partial charge is 0.260 e. The maximum atomic E-state index is 12.7. The summed E-state index contributed by atoms with van der Waals surface area (Å²) in [6, 6.07) is 11.0. The molecule has 0 aliphatic rings. The predicted molar refractivity (Wildman–Crippen MR) is 115 cm³/mol. The van der Waals surface area contributed by atoms with Crippen LogP contribution in [0.2, 0.25) is 0 Å². The number of anilines is 1. The first-order valence-corrected chi connectivity index (χ1v) is 10.4. The van der Waals surface area contributed by atoms with Gasteiger partial charge in [0.05, 0.1) is 30.0 Å². The van der Waals surface area contributed by atoms with Crippen LogP contribution in [-0.2, 0) is 17.6 Å². The minimum Gasteiger partial charge on any atom is -0.469 e. The molecular weight excluding hydrogens is 416 g/mol. The van der Waals surface area contributed by atoms with Gasteiger partial charge in [-0.1, -0.05) is 30.3 Å². The summed E-state index contributed by atoms with van der Waals surface area (Å²) in [6.45, 7) is 1.72. The van der Waals surface area contributed by atoms with Gasteiger partial charge in [-0.3, -0.25) is 20.0 Å². The molecule has 0 aliphatic carbocycles. The number of furan rings is 1. The Morgan fingerprint density at radius 2 is 2.06 bits per heavy atom. The van der Waals surface area contributed by atoms with E-state index in [4.69, 9.17) is 4.42 Å². The Labute approximate surface area is 181 Å². The fourth-order valence-corrected chi connectivity index (χ4v) is 3.81. The maximum Gasteiger partial charge on any atom is 0.260 e. The van der Waals surface area contributed by atoms with Crippen LogP contribution in [0.1, 0.15) is 39.2 Å². The summed E-state index contributed by atoms with van der Waals surface area (Å²) < 4.78 is 5.15. The lowest BCUT2D eigenvalue weighted by molar-refractivity contribution is -0.121. The number of aromatic amines is 1. The van der Waals surface area contributed by atoms with Gasteiger partial charge in [-0.25, -0.2) is 9.97 Å². The van der Waals surface area contributed by atoms with Gasteiger partial charge in [-0.05, 0) is 18.6 Å². The average Bonchev–Trinajstić information content (AvgIpc) is 3.51. The van der Waals surface area contributed by atoms with Crippen molar-refractivity contribution in [1.29, 1.82) is 0 Å². The van der Waals surface area contributed by atoms with Gasteiger partial charge in [0.1, 0.15) is 17.9 Å². The van der Waals surface area contributed by atoms with Crippen LogP contribution in [0.5, 0.6) is 0 Å². The lowest BCUT2D eigenvalue weighted by Crippen LogP contribution is -2.31. The summed E-state index contributed by atoms with van der Waals surface area (Å²) in [7, 11) is 0. The van der Waals surface area contributed by atoms with Crippen LogP contribution in [0.15, 0.2) is 58.8 Å². The monoisotopic (exact) mass is 436 g/mol. The van der Waals surface area contributed by atoms with Crippen molar-refractivity contribution in [2.75, 3.05) is 5.32 Å². The number of hydrogen-bond acceptors (Lipinski definition) is 7. The van der Waals surface area contributed by atoms with Crippen LogP contribution in [0.3, 0.4) is 0 Å². The first-order valence-electron chi connectivity index (χ1n) is 9.57. The first-order chi connectivity index (χ1) is 15.1. The molecule has 0 bridgehead atoms. The highest BCUT2D eigenvalue weighted by molar-refractivity contribution is 7.14. The Hall–Kier alpha value is -3.79. The van der Waals surface area contributed by atoms with Crippen molar-refractivity contribution in [3.8, 4) is 0 Å². The topological polar surface area (TPSA) is 126 Å². The number of rotatable bonds is 8. The standard InChI is InChI=1S/C21H20N6O3S/c1-13-16(7-8-30-13)20(29)26-21-24-15(11-31-21)9-19(28)25-17(10-18-22-12-23-27-18)14-5-3-2-4-6-14/h2-8,11-12,17H,9-10H2,1H3,(H,25,28)(H,22,23,27)(H,24,26,29). The zero-order valence-corrected chi connectivity index (χ0v) is 17.5. The molecule has 1 aromatic carbocycles. The van der Waals surface area contributed by atoms with E-state index in [0.717, 1.165) is 5.56 Å². The average molecular weight is 436 g/mol. The molecule has 158 valence electrons. The number of carbonyl (C=O) groups excluding carboxylic acids is 2. The molecule has 4 aromatic rings. The normalized spacial score (nSPS) is 11.8. The lowest BCUT2D eigenvalue weighted by atomic mass is 10.0. The number of nitrogens with zero attached hydrogens (tertiary/aromatic N) is 3. The number of aromatic nitrogens is 4. The highest BCUT2D eigenvalue weighted by Crippen LogP contribution is 2.20. The van der Waals surface area contributed by atoms with E-state index in [1.807, 2.05) is 30.3 Å². The summed E-state index contributed by atoms with van der Waals surface area (Å²) in [5.74, 6) is 0.741. The molecule has 10 heteroatoms. The summed E-state index contributed by atoms with van der Waals surface area (Å²) in [6.07, 6.45) is 3.48. The van der Waals surface area contributed by atoms with Gasteiger partial charge >= 0.3 is 0 Å². The highest BCUT2D eigenvalue weighted by atomic mass is 32.1. The van der Waals surface area contributed by atoms with E-state index < -0.39 is 0 Å². The molecule has 2 amide bonds. The van der Waals surface area contributed by atoms with E-state index in [9.17, 15) is 9.59 Å². The van der Waals surface area contributed by atoms with E-state index in [2.05, 4.69) is 30.8 Å². The van der Waals surface area contributed by atoms with Crippen LogP contribution < -0.4 is 10.6 Å². The maximum absolute atomic E-state index is 12.7. The number of aryl methyl sites for hydroxylation is 1. The second-order valence-corrected chi connectivity index (χ2v) is 7.69. The minimum atomic E-state index is -0.298. The minimum absolute atomic E-state index is 0.0941. The summed E-state index contributed by atoms with van der Waals surface area (Å²) in [5, 5.41) is 14.6. The molecule has 9 nitrogen and oxygen atoms in total. The number of amides is 2. The summed E-state index contributed by atoms with van der Waals surface area (Å²) in [4.78, 5) is 33.5. The van der Waals surface area contributed by atoms with Crippen molar-refractivity contribution in [3.63, 3.8) is 0 Å². The summed E-state index contributed by atoms with van der Waals surface area (Å²) in [5.41, 5.74) is 2.00. The Bertz CT molecular complexity index is 1150. The molecule has 3 heterocycles. The van der Waals surface area contributed by atoms with E-state index in [1.54, 1.807) is 18.4 Å². The van der Waals surface area contributed by atoms with Crippen LogP contribution in [0.25, 0.3) is 0 Å². The molecule has 1 unspecified atom stereocenters. The first kappa shape index (κ1) is 20.5. The Morgan fingerprint density at radius 1 is 1.23 bits per heavy atom. The molecular formula is C21H20N6O3S. The van der Waals surface area contributed by atoms with Crippen molar-refractivity contribution in [3.05, 3.63) is 82.8 Å². The van der Waals surface area contributed by atoms with E-state index in [-0.39, 0.29) is 24.3 Å². The van der Waals surface area contributed by atoms with Gasteiger partial charge in [-0.15, -0.1) is 11.3 Å². The fraction of sp³-hybridized carbons (Fsp3) is 0.190. The van der Waals surface area contributed by atoms with Gasteiger partial charge in [0, 0.05) is 11.8 Å². The number of carbonyl (C=O) groups is 2. The number of nitrogens with one attached hydrogen (secondary N) is 3. The quantitative estimate of drug-likeness (QED) is 0.390. The molecule has 4 rings (SSSR count). The van der Waals surface area contributed by atoms with Crippen LogP contribution in [0.4, 0.5) is 5.13 Å². The molecule has 0 spiro atoms.